The van der Waals surface area contributed by atoms with Gasteiger partial charge in [0.25, 0.3) is 0 Å². The molecule has 0 bridgehead atoms. The predicted octanol–water partition coefficient (Wildman–Crippen LogP) is 1.88. The van der Waals surface area contributed by atoms with E-state index in [2.05, 4.69) is 6.92 Å². The van der Waals surface area contributed by atoms with Crippen LogP contribution in [0.1, 0.15) is 32.6 Å². The summed E-state index contributed by atoms with van der Waals surface area (Å²) >= 11 is 0. The molecule has 0 radical (unpaired) electrons. The largest absolute Gasteiger partial charge is 0.450 e. The van der Waals surface area contributed by atoms with Gasteiger partial charge in [0.2, 0.25) is 0 Å². The molecule has 0 saturated carbocycles. The van der Waals surface area contributed by atoms with E-state index in [1.165, 1.54) is 25.7 Å². The minimum Gasteiger partial charge on any atom is -0.450 e. The highest BCUT2D eigenvalue weighted by atomic mass is 16.5. The highest BCUT2D eigenvalue weighted by Gasteiger charge is 1.88. The van der Waals surface area contributed by atoms with Crippen molar-refractivity contribution in [3.63, 3.8) is 0 Å². The maximum Gasteiger partial charge on any atom is 0.323 e. The van der Waals surface area contributed by atoms with E-state index in [4.69, 9.17) is 4.74 Å². The summed E-state index contributed by atoms with van der Waals surface area (Å²) in [4.78, 5) is 0. The number of unbranched alkanes of at least 4 members (excludes halogenated alkanes) is 3. The summed E-state index contributed by atoms with van der Waals surface area (Å²) in [6, 6.07) is 0. The van der Waals surface area contributed by atoms with Crippen molar-refractivity contribution in [1.82, 2.24) is 0 Å². The van der Waals surface area contributed by atoms with Gasteiger partial charge in [-0.1, -0.05) is 26.2 Å². The second kappa shape index (κ2) is 7.58. The molecule has 0 unspecified atom stereocenters. The van der Waals surface area contributed by atoms with Crippen molar-refractivity contribution in [2.75, 3.05) is 20.7 Å². The molecule has 0 rings (SSSR count). The zero-order valence-electron chi connectivity index (χ0n) is 7.97. The molecule has 0 aromatic heterocycles. The summed E-state index contributed by atoms with van der Waals surface area (Å²) in [5.41, 5.74) is 0. The summed E-state index contributed by atoms with van der Waals surface area (Å²) < 4.78 is 7.16. The van der Waals surface area contributed by atoms with Crippen LogP contribution in [0, 0.1) is 0 Å². The van der Waals surface area contributed by atoms with E-state index < -0.39 is 0 Å². The molecule has 0 aromatic rings. The third-order valence-corrected chi connectivity index (χ3v) is 1.40. The fourth-order valence-electron chi connectivity index (χ4n) is 0.814. The second-order valence-corrected chi connectivity index (χ2v) is 3.00. The lowest BCUT2D eigenvalue weighted by atomic mass is 10.2. The third-order valence-electron chi connectivity index (χ3n) is 1.40. The molecule has 2 nitrogen and oxygen atoms in total. The van der Waals surface area contributed by atoms with Crippen molar-refractivity contribution in [2.45, 2.75) is 32.6 Å². The molecule has 2 heteroatoms. The van der Waals surface area contributed by atoms with Crippen molar-refractivity contribution in [1.29, 1.82) is 0 Å². The summed E-state index contributed by atoms with van der Waals surface area (Å²) in [5, 5.41) is 0. The van der Waals surface area contributed by atoms with Gasteiger partial charge in [-0.3, -0.25) is 0 Å². The Labute approximate surface area is 69.9 Å². The smallest absolute Gasteiger partial charge is 0.323 e. The van der Waals surface area contributed by atoms with Crippen LogP contribution in [0.25, 0.3) is 0 Å². The zero-order valence-corrected chi connectivity index (χ0v) is 7.97. The molecule has 0 aliphatic rings. The van der Waals surface area contributed by atoms with E-state index in [0.717, 1.165) is 6.61 Å². The van der Waals surface area contributed by atoms with Crippen LogP contribution < -0.4 is 0 Å². The molecule has 0 fully saturated rings. The van der Waals surface area contributed by atoms with E-state index in [-0.39, 0.29) is 0 Å². The van der Waals surface area contributed by atoms with Gasteiger partial charge in [0.1, 0.15) is 14.1 Å². The van der Waals surface area contributed by atoms with Gasteiger partial charge in [0, 0.05) is 0 Å². The van der Waals surface area contributed by atoms with Gasteiger partial charge in [-0.2, -0.15) is 0 Å². The molecule has 0 aliphatic carbocycles. The van der Waals surface area contributed by atoms with Crippen molar-refractivity contribution in [3.8, 4) is 0 Å². The molecule has 66 valence electrons. The predicted molar refractivity (Wildman–Crippen MR) is 48.3 cm³/mol. The number of ether oxygens (including phenoxy) is 1. The Morgan fingerprint density at radius 1 is 1.18 bits per heavy atom. The first kappa shape index (κ1) is 10.5. The Morgan fingerprint density at radius 2 is 1.91 bits per heavy atom. The molecule has 0 spiro atoms. The van der Waals surface area contributed by atoms with Crippen LogP contribution in [0.15, 0.2) is 0 Å². The van der Waals surface area contributed by atoms with Crippen LogP contribution in [0.4, 0.5) is 0 Å². The van der Waals surface area contributed by atoms with Crippen LogP contribution in [-0.2, 0) is 4.74 Å². The lowest BCUT2D eigenvalue weighted by Crippen LogP contribution is -2.03. The van der Waals surface area contributed by atoms with Crippen LogP contribution in [-0.4, -0.2) is 31.7 Å². The van der Waals surface area contributed by atoms with Crippen molar-refractivity contribution in [2.24, 2.45) is 0 Å². The molecule has 0 heterocycles. The lowest BCUT2D eigenvalue weighted by Gasteiger charge is -1.97. The summed E-state index contributed by atoms with van der Waals surface area (Å²) in [6.07, 6.45) is 6.84. The molecular weight excluding hydrogens is 138 g/mol. The van der Waals surface area contributed by atoms with E-state index >= 15 is 0 Å². The van der Waals surface area contributed by atoms with Gasteiger partial charge in [0.15, 0.2) is 0 Å². The number of hydrogen-bond donors (Lipinski definition) is 0. The molecule has 0 saturated heterocycles. The van der Waals surface area contributed by atoms with Crippen molar-refractivity contribution < 1.29 is 9.31 Å². The fourth-order valence-corrected chi connectivity index (χ4v) is 0.814. The van der Waals surface area contributed by atoms with Crippen molar-refractivity contribution >= 4 is 6.40 Å². The van der Waals surface area contributed by atoms with E-state index in [9.17, 15) is 0 Å². The molecule has 0 N–H and O–H groups in total. The first-order valence-electron chi connectivity index (χ1n) is 4.38. The van der Waals surface area contributed by atoms with Gasteiger partial charge in [-0.05, 0) is 6.42 Å². The lowest BCUT2D eigenvalue weighted by molar-refractivity contribution is -0.468. The SMILES string of the molecule is CCCCCCOC=[N+](C)C. The maximum atomic E-state index is 5.24. The molecule has 0 aliphatic heterocycles. The quantitative estimate of drug-likeness (QED) is 0.249. The third kappa shape index (κ3) is 9.47. The van der Waals surface area contributed by atoms with Gasteiger partial charge in [-0.15, -0.1) is 0 Å². The topological polar surface area (TPSA) is 12.2 Å². The standard InChI is InChI=1S/C9H20NO/c1-4-5-6-7-8-11-9-10(2)3/h9H,4-8H2,1-3H3/q+1. The number of nitrogens with zero attached hydrogens (tertiary/aromatic N) is 1. The van der Waals surface area contributed by atoms with Gasteiger partial charge in [-0.25, -0.2) is 4.58 Å². The molecule has 11 heavy (non-hydrogen) atoms. The van der Waals surface area contributed by atoms with Crippen LogP contribution in [0.2, 0.25) is 0 Å². The number of rotatable bonds is 6. The first-order valence-corrected chi connectivity index (χ1v) is 4.38. The summed E-state index contributed by atoms with van der Waals surface area (Å²) in [7, 11) is 3.93. The highest BCUT2D eigenvalue weighted by molar-refractivity contribution is 5.38. The Hall–Kier alpha value is -0.530. The number of hydrogen-bond acceptors (Lipinski definition) is 1. The maximum absolute atomic E-state index is 5.24. The fraction of sp³-hybridized carbons (Fsp3) is 0.889. The molecular formula is C9H20NO+. The normalized spacial score (nSPS) is 9.36. The highest BCUT2D eigenvalue weighted by Crippen LogP contribution is 1.97. The van der Waals surface area contributed by atoms with E-state index in [0.29, 0.717) is 0 Å². The molecule has 0 amide bonds. The average Bonchev–Trinajstić information content (AvgIpc) is 1.96. The molecule has 0 atom stereocenters. The van der Waals surface area contributed by atoms with Gasteiger partial charge in [0.05, 0.1) is 6.61 Å². The first-order chi connectivity index (χ1) is 5.27. The van der Waals surface area contributed by atoms with E-state index in [1.807, 2.05) is 18.7 Å². The minimum absolute atomic E-state index is 0.859. The Morgan fingerprint density at radius 3 is 2.45 bits per heavy atom. The minimum atomic E-state index is 0.859. The van der Waals surface area contributed by atoms with Crippen LogP contribution in [0.5, 0.6) is 0 Å². The second-order valence-electron chi connectivity index (χ2n) is 3.00. The van der Waals surface area contributed by atoms with Gasteiger partial charge >= 0.3 is 6.40 Å². The average molecular weight is 158 g/mol. The summed E-state index contributed by atoms with van der Waals surface area (Å²) in [6.45, 7) is 3.07. The van der Waals surface area contributed by atoms with Gasteiger partial charge < -0.3 is 4.74 Å². The van der Waals surface area contributed by atoms with Crippen LogP contribution >= 0.6 is 0 Å². The Kier molecular flexibility index (Phi) is 7.21. The Bertz CT molecular complexity index is 106. The molecule has 0 aromatic carbocycles. The summed E-state index contributed by atoms with van der Waals surface area (Å²) in [5.74, 6) is 0. The zero-order chi connectivity index (χ0) is 8.53. The van der Waals surface area contributed by atoms with E-state index in [1.54, 1.807) is 6.40 Å². The Balaban J connectivity index is 2.97. The monoisotopic (exact) mass is 158 g/mol. The van der Waals surface area contributed by atoms with Crippen LogP contribution in [0.3, 0.4) is 0 Å². The van der Waals surface area contributed by atoms with Crippen molar-refractivity contribution in [3.05, 3.63) is 0 Å².